The number of nitrogen functional groups attached to an aromatic ring is 1. The highest BCUT2D eigenvalue weighted by atomic mass is 33.1. The predicted octanol–water partition coefficient (Wildman–Crippen LogP) is 0.254. The van der Waals surface area contributed by atoms with Crippen molar-refractivity contribution < 1.29 is 55.9 Å². The number of hydrogen-bond acceptors (Lipinski definition) is 14. The Balaban J connectivity index is 1.89. The third-order valence-electron chi connectivity index (χ3n) is 4.85. The van der Waals surface area contributed by atoms with Crippen molar-refractivity contribution >= 4 is 62.0 Å². The zero-order valence-corrected chi connectivity index (χ0v) is 24.1. The van der Waals surface area contributed by atoms with Crippen molar-refractivity contribution in [1.82, 2.24) is 14.5 Å². The molecule has 1 saturated heterocycles. The highest BCUT2D eigenvalue weighted by molar-refractivity contribution is 8.76. The summed E-state index contributed by atoms with van der Waals surface area (Å²) in [5, 5.41) is 0.138. The number of phosphoric ester groups is 1. The summed E-state index contributed by atoms with van der Waals surface area (Å²) in [5.41, 5.74) is 11.1. The molecule has 0 aromatic carbocycles. The monoisotopic (exact) mass is 651 g/mol. The molecule has 0 amide bonds. The van der Waals surface area contributed by atoms with Gasteiger partial charge in [-0.2, -0.15) is 13.6 Å². The fraction of sp³-hybridized carbons (Fsp3) is 0.500. The third kappa shape index (κ3) is 8.88. The van der Waals surface area contributed by atoms with Gasteiger partial charge in [-0.3, -0.25) is 14.3 Å². The number of nitrogens with two attached hydrogens (primary N) is 2. The number of ether oxygens (including phenoxy) is 2. The van der Waals surface area contributed by atoms with Crippen molar-refractivity contribution in [3.63, 3.8) is 0 Å². The summed E-state index contributed by atoms with van der Waals surface area (Å²) in [5.74, 6) is 5.43. The smallest absolute Gasteiger partial charge is 0.371 e. The zero-order valence-electron chi connectivity index (χ0n) is 19.8. The molecule has 1 aliphatic rings. The maximum atomic E-state index is 12.6. The number of aromatic nitrogens is 3. The Bertz CT molecular complexity index is 1450. The van der Waals surface area contributed by atoms with E-state index in [1.54, 1.807) is 4.57 Å². The lowest BCUT2D eigenvalue weighted by Crippen LogP contribution is -2.34. The number of aromatic amines is 1. The van der Waals surface area contributed by atoms with Crippen LogP contribution in [-0.4, -0.2) is 78.3 Å². The van der Waals surface area contributed by atoms with E-state index < -0.39 is 53.9 Å². The van der Waals surface area contributed by atoms with Crippen LogP contribution in [0.4, 0.5) is 5.95 Å². The standard InChI is InChI=1S/C16H24N5O13P3S2/c1-38-39-8-31-13-10(21-5-9(3-2-4-17)12-14(21)19-16(18)20-15(12)22)6-30-11(13)7-32-36(26,27)34-37(28,29)33-35(23,24)25/h5,10-11,13H,4,6-8,17H2,1H3,(H,26,27)(H,28,29)(H2,23,24,25)(H3,18,19,20,22)/t10-,11-,13+/m1/s1. The predicted molar refractivity (Wildman–Crippen MR) is 140 cm³/mol. The summed E-state index contributed by atoms with van der Waals surface area (Å²) in [7, 11) is -13.9. The molecule has 0 spiro atoms. The average molecular weight is 651 g/mol. The van der Waals surface area contributed by atoms with Crippen LogP contribution in [-0.2, 0) is 36.3 Å². The number of H-pyrrole nitrogens is 1. The molecule has 9 N–H and O–H groups in total. The Hall–Kier alpha value is -1.23. The van der Waals surface area contributed by atoms with Gasteiger partial charge in [-0.1, -0.05) is 33.4 Å². The van der Waals surface area contributed by atoms with E-state index in [2.05, 4.69) is 30.4 Å². The van der Waals surface area contributed by atoms with E-state index in [0.29, 0.717) is 5.56 Å². The SMILES string of the molecule is CSSCO[C@H]1[C@H](n2cc(C#CCN)c3c(=O)[nH]c(N)nc32)CO[C@@H]1COP(=O)(O)OP(=O)(O)OP(=O)(O)O. The average Bonchev–Trinajstić information content (AvgIpc) is 3.35. The molecule has 2 aromatic rings. The first-order chi connectivity index (χ1) is 18.2. The summed E-state index contributed by atoms with van der Waals surface area (Å²) >= 11 is 0. The number of phosphoric acid groups is 3. The van der Waals surface area contributed by atoms with Gasteiger partial charge in [0.2, 0.25) is 5.95 Å². The largest absolute Gasteiger partial charge is 0.490 e. The normalized spacial score (nSPS) is 22.8. The second-order valence-electron chi connectivity index (χ2n) is 7.47. The quantitative estimate of drug-likeness (QED) is 0.0532. The van der Waals surface area contributed by atoms with E-state index in [9.17, 15) is 28.3 Å². The van der Waals surface area contributed by atoms with Gasteiger partial charge >= 0.3 is 23.5 Å². The molecule has 0 radical (unpaired) electrons. The minimum atomic E-state index is -5.70. The van der Waals surface area contributed by atoms with Gasteiger partial charge in [-0.15, -0.1) is 0 Å². The highest BCUT2D eigenvalue weighted by Gasteiger charge is 2.44. The summed E-state index contributed by atoms with van der Waals surface area (Å²) in [6.07, 6.45) is 1.37. The van der Waals surface area contributed by atoms with Crippen LogP contribution in [0.5, 0.6) is 0 Å². The number of rotatable bonds is 12. The van der Waals surface area contributed by atoms with Crippen molar-refractivity contribution in [2.75, 3.05) is 37.7 Å². The Morgan fingerprint density at radius 1 is 1.26 bits per heavy atom. The zero-order chi connectivity index (χ0) is 29.0. The van der Waals surface area contributed by atoms with Gasteiger partial charge in [-0.05, 0) is 6.26 Å². The number of hydrogen-bond donors (Lipinski definition) is 7. The fourth-order valence-corrected chi connectivity index (χ4v) is 7.35. The summed E-state index contributed by atoms with van der Waals surface area (Å²) in [4.78, 5) is 55.7. The number of anilines is 1. The maximum Gasteiger partial charge on any atom is 0.490 e. The topological polar surface area (TPSA) is 281 Å². The Labute approximate surface area is 227 Å². The molecule has 2 aromatic heterocycles. The van der Waals surface area contributed by atoms with Crippen molar-refractivity contribution in [3.05, 3.63) is 22.1 Å². The van der Waals surface area contributed by atoms with Crippen LogP contribution in [0.15, 0.2) is 11.0 Å². The second-order valence-corrected chi connectivity index (χ2v) is 14.4. The summed E-state index contributed by atoms with van der Waals surface area (Å²) in [6.45, 7) is -0.773. The molecule has 2 unspecified atom stereocenters. The number of fused-ring (bicyclic) bond motifs is 1. The summed E-state index contributed by atoms with van der Waals surface area (Å²) in [6, 6.07) is -0.688. The first kappa shape index (κ1) is 32.3. The lowest BCUT2D eigenvalue weighted by molar-refractivity contribution is -0.0225. The molecule has 218 valence electrons. The van der Waals surface area contributed by atoms with E-state index in [1.165, 1.54) is 27.8 Å². The van der Waals surface area contributed by atoms with Crippen LogP contribution in [0.25, 0.3) is 11.0 Å². The van der Waals surface area contributed by atoms with Crippen molar-refractivity contribution in [3.8, 4) is 11.8 Å². The molecule has 3 rings (SSSR count). The van der Waals surface area contributed by atoms with Crippen LogP contribution >= 0.6 is 45.1 Å². The van der Waals surface area contributed by atoms with Crippen molar-refractivity contribution in [1.29, 1.82) is 0 Å². The van der Waals surface area contributed by atoms with Gasteiger partial charge in [0.25, 0.3) is 5.56 Å². The van der Waals surface area contributed by atoms with E-state index in [-0.39, 0.29) is 36.1 Å². The number of nitrogens with one attached hydrogen (secondary N) is 1. The Kier molecular flexibility index (Phi) is 10.9. The van der Waals surface area contributed by atoms with Crippen LogP contribution in [0.3, 0.4) is 0 Å². The van der Waals surface area contributed by atoms with Gasteiger partial charge in [0.15, 0.2) is 5.65 Å². The first-order valence-corrected chi connectivity index (χ1v) is 17.7. The molecule has 0 aliphatic carbocycles. The van der Waals surface area contributed by atoms with Crippen LogP contribution in [0.1, 0.15) is 11.6 Å². The fourth-order valence-electron chi connectivity index (χ4n) is 3.55. The van der Waals surface area contributed by atoms with Crippen LogP contribution in [0.2, 0.25) is 0 Å². The molecule has 0 saturated carbocycles. The highest BCUT2D eigenvalue weighted by Crippen LogP contribution is 2.66. The Morgan fingerprint density at radius 2 is 1.97 bits per heavy atom. The third-order valence-corrected chi connectivity index (χ3v) is 10.1. The summed E-state index contributed by atoms with van der Waals surface area (Å²) < 4.78 is 60.0. The lowest BCUT2D eigenvalue weighted by atomic mass is 10.1. The van der Waals surface area contributed by atoms with Crippen molar-refractivity contribution in [2.45, 2.75) is 18.2 Å². The van der Waals surface area contributed by atoms with Gasteiger partial charge in [-0.25, -0.2) is 13.7 Å². The molecular weight excluding hydrogens is 627 g/mol. The van der Waals surface area contributed by atoms with Gasteiger partial charge in [0.1, 0.15) is 18.1 Å². The van der Waals surface area contributed by atoms with Crippen LogP contribution < -0.4 is 17.0 Å². The molecule has 1 fully saturated rings. The minimum absolute atomic E-state index is 0.0276. The van der Waals surface area contributed by atoms with E-state index >= 15 is 0 Å². The van der Waals surface area contributed by atoms with E-state index in [0.717, 1.165) is 0 Å². The van der Waals surface area contributed by atoms with Crippen molar-refractivity contribution in [2.24, 2.45) is 5.73 Å². The minimum Gasteiger partial charge on any atom is -0.371 e. The molecule has 18 nitrogen and oxygen atoms in total. The van der Waals surface area contributed by atoms with Gasteiger partial charge in [0.05, 0.1) is 36.8 Å². The molecule has 3 heterocycles. The maximum absolute atomic E-state index is 12.6. The molecule has 39 heavy (non-hydrogen) atoms. The molecule has 0 bridgehead atoms. The molecule has 1 aliphatic heterocycles. The Morgan fingerprint density at radius 3 is 2.62 bits per heavy atom. The van der Waals surface area contributed by atoms with E-state index in [1.807, 2.05) is 6.26 Å². The first-order valence-electron chi connectivity index (χ1n) is 10.4. The number of nitrogens with zero attached hydrogens (tertiary/aromatic N) is 2. The molecule has 23 heteroatoms. The van der Waals surface area contributed by atoms with Crippen LogP contribution in [0, 0.1) is 11.8 Å². The van der Waals surface area contributed by atoms with Gasteiger partial charge in [0, 0.05) is 6.20 Å². The second kappa shape index (κ2) is 13.2. The molecule has 5 atom stereocenters. The van der Waals surface area contributed by atoms with Gasteiger partial charge < -0.3 is 45.1 Å². The lowest BCUT2D eigenvalue weighted by Gasteiger charge is -2.25. The van der Waals surface area contributed by atoms with E-state index in [4.69, 9.17) is 35.3 Å². The molecular formula is C16H24N5O13P3S2.